The molecule has 1 aliphatic rings. The Labute approximate surface area is 124 Å². The number of anilines is 1. The zero-order valence-corrected chi connectivity index (χ0v) is 12.5. The van der Waals surface area contributed by atoms with Crippen molar-refractivity contribution in [3.05, 3.63) is 23.4 Å². The van der Waals surface area contributed by atoms with Crippen LogP contribution in [-0.2, 0) is 4.79 Å². The van der Waals surface area contributed by atoms with E-state index in [0.29, 0.717) is 23.8 Å². The SMILES string of the molecule is Cc1ccc(C(N)=S)c(NCCC(=O)N2CCCC2)n1. The van der Waals surface area contributed by atoms with Crippen LogP contribution in [0.15, 0.2) is 12.1 Å². The molecule has 1 aliphatic heterocycles. The zero-order valence-electron chi connectivity index (χ0n) is 11.7. The average molecular weight is 292 g/mol. The van der Waals surface area contributed by atoms with E-state index in [0.717, 1.165) is 37.2 Å². The first kappa shape index (κ1) is 14.7. The minimum atomic E-state index is 0.194. The lowest BCUT2D eigenvalue weighted by Gasteiger charge is -2.16. The van der Waals surface area contributed by atoms with Crippen LogP contribution in [0.5, 0.6) is 0 Å². The lowest BCUT2D eigenvalue weighted by molar-refractivity contribution is -0.129. The third-order valence-electron chi connectivity index (χ3n) is 3.39. The average Bonchev–Trinajstić information content (AvgIpc) is 2.92. The van der Waals surface area contributed by atoms with Crippen LogP contribution in [0.25, 0.3) is 0 Å². The van der Waals surface area contributed by atoms with E-state index < -0.39 is 0 Å². The predicted molar refractivity (Wildman–Crippen MR) is 83.8 cm³/mol. The highest BCUT2D eigenvalue weighted by molar-refractivity contribution is 7.80. The second-order valence-corrected chi connectivity index (χ2v) is 5.42. The number of nitrogens with zero attached hydrogens (tertiary/aromatic N) is 2. The fourth-order valence-electron chi connectivity index (χ4n) is 2.30. The van der Waals surface area contributed by atoms with Crippen molar-refractivity contribution >= 4 is 28.9 Å². The smallest absolute Gasteiger partial charge is 0.224 e. The summed E-state index contributed by atoms with van der Waals surface area (Å²) in [5.41, 5.74) is 7.28. The minimum Gasteiger partial charge on any atom is -0.389 e. The lowest BCUT2D eigenvalue weighted by atomic mass is 10.2. The molecule has 0 aromatic carbocycles. The maximum Gasteiger partial charge on any atom is 0.224 e. The first-order valence-electron chi connectivity index (χ1n) is 6.87. The van der Waals surface area contributed by atoms with Gasteiger partial charge in [0.2, 0.25) is 5.91 Å². The molecule has 0 unspecified atom stereocenters. The van der Waals surface area contributed by atoms with E-state index in [-0.39, 0.29) is 5.91 Å². The highest BCUT2D eigenvalue weighted by Crippen LogP contribution is 2.14. The molecular weight excluding hydrogens is 272 g/mol. The first-order valence-corrected chi connectivity index (χ1v) is 7.28. The van der Waals surface area contributed by atoms with Crippen LogP contribution in [0.4, 0.5) is 5.82 Å². The number of aryl methyl sites for hydroxylation is 1. The summed E-state index contributed by atoms with van der Waals surface area (Å²) in [6.45, 7) is 4.23. The van der Waals surface area contributed by atoms with Crippen molar-refractivity contribution in [3.63, 3.8) is 0 Å². The Morgan fingerprint density at radius 2 is 2.15 bits per heavy atom. The van der Waals surface area contributed by atoms with E-state index in [2.05, 4.69) is 10.3 Å². The zero-order chi connectivity index (χ0) is 14.5. The van der Waals surface area contributed by atoms with Gasteiger partial charge in [-0.25, -0.2) is 4.98 Å². The van der Waals surface area contributed by atoms with Gasteiger partial charge in [0.05, 0.1) is 5.56 Å². The highest BCUT2D eigenvalue weighted by Gasteiger charge is 2.17. The summed E-state index contributed by atoms with van der Waals surface area (Å²) < 4.78 is 0. The van der Waals surface area contributed by atoms with Crippen molar-refractivity contribution in [3.8, 4) is 0 Å². The second kappa shape index (κ2) is 6.65. The van der Waals surface area contributed by atoms with Crippen LogP contribution >= 0.6 is 12.2 Å². The number of likely N-dealkylation sites (tertiary alicyclic amines) is 1. The summed E-state index contributed by atoms with van der Waals surface area (Å²) in [5.74, 6) is 0.853. The van der Waals surface area contributed by atoms with Crippen molar-refractivity contribution in [2.75, 3.05) is 25.0 Å². The van der Waals surface area contributed by atoms with Gasteiger partial charge >= 0.3 is 0 Å². The summed E-state index contributed by atoms with van der Waals surface area (Å²) in [7, 11) is 0. The molecule has 1 amide bonds. The van der Waals surface area contributed by atoms with E-state index in [1.54, 1.807) is 0 Å². The Morgan fingerprint density at radius 1 is 1.45 bits per heavy atom. The van der Waals surface area contributed by atoms with Crippen LogP contribution in [0.3, 0.4) is 0 Å². The van der Waals surface area contributed by atoms with Crippen LogP contribution in [-0.4, -0.2) is 40.4 Å². The molecular formula is C14H20N4OS. The third kappa shape index (κ3) is 3.66. The molecule has 3 N–H and O–H groups in total. The summed E-state index contributed by atoms with van der Waals surface area (Å²) in [6, 6.07) is 3.73. The van der Waals surface area contributed by atoms with E-state index in [1.165, 1.54) is 0 Å². The summed E-state index contributed by atoms with van der Waals surface area (Å²) in [4.78, 5) is 18.5. The van der Waals surface area contributed by atoms with E-state index in [1.807, 2.05) is 24.0 Å². The van der Waals surface area contributed by atoms with Gasteiger partial charge in [0.1, 0.15) is 10.8 Å². The van der Waals surface area contributed by atoms with Crippen molar-refractivity contribution < 1.29 is 4.79 Å². The molecule has 6 heteroatoms. The van der Waals surface area contributed by atoms with Crippen molar-refractivity contribution in [2.24, 2.45) is 5.73 Å². The predicted octanol–water partition coefficient (Wildman–Crippen LogP) is 1.45. The molecule has 0 saturated carbocycles. The van der Waals surface area contributed by atoms with Gasteiger partial charge in [-0.2, -0.15) is 0 Å². The van der Waals surface area contributed by atoms with Crippen LogP contribution in [0.2, 0.25) is 0 Å². The maximum absolute atomic E-state index is 11.9. The van der Waals surface area contributed by atoms with Crippen LogP contribution in [0, 0.1) is 6.92 Å². The number of amides is 1. The number of nitrogens with two attached hydrogens (primary N) is 1. The Balaban J connectivity index is 1.91. The number of pyridine rings is 1. The van der Waals surface area contributed by atoms with Gasteiger partial charge in [-0.3, -0.25) is 4.79 Å². The molecule has 1 fully saturated rings. The highest BCUT2D eigenvalue weighted by atomic mass is 32.1. The van der Waals surface area contributed by atoms with Gasteiger partial charge in [0.15, 0.2) is 0 Å². The van der Waals surface area contributed by atoms with Crippen LogP contribution < -0.4 is 11.1 Å². The number of rotatable bonds is 5. The molecule has 0 aliphatic carbocycles. The molecule has 1 aromatic rings. The number of thiocarbonyl (C=S) groups is 1. The normalized spacial score (nSPS) is 14.3. The molecule has 0 spiro atoms. The third-order valence-corrected chi connectivity index (χ3v) is 3.61. The Bertz CT molecular complexity index is 512. The largest absolute Gasteiger partial charge is 0.389 e. The Kier molecular flexibility index (Phi) is 4.89. The molecule has 5 nitrogen and oxygen atoms in total. The van der Waals surface area contributed by atoms with Gasteiger partial charge in [0, 0.05) is 31.7 Å². The number of hydrogen-bond acceptors (Lipinski definition) is 4. The van der Waals surface area contributed by atoms with Crippen molar-refractivity contribution in [2.45, 2.75) is 26.2 Å². The standard InChI is InChI=1S/C14H20N4OS/c1-10-4-5-11(13(15)20)14(17-10)16-7-6-12(19)18-8-2-3-9-18/h4-5H,2-3,6-9H2,1H3,(H2,15,20)(H,16,17). The number of aromatic nitrogens is 1. The molecule has 0 atom stereocenters. The fourth-order valence-corrected chi connectivity index (χ4v) is 2.47. The minimum absolute atomic E-state index is 0.194. The van der Waals surface area contributed by atoms with Crippen molar-refractivity contribution in [1.82, 2.24) is 9.88 Å². The maximum atomic E-state index is 11.9. The Morgan fingerprint density at radius 3 is 2.80 bits per heavy atom. The monoisotopic (exact) mass is 292 g/mol. The van der Waals surface area contributed by atoms with E-state index in [4.69, 9.17) is 18.0 Å². The summed E-state index contributed by atoms with van der Waals surface area (Å²) >= 11 is 5.00. The number of hydrogen-bond donors (Lipinski definition) is 2. The van der Waals surface area contributed by atoms with E-state index in [9.17, 15) is 4.79 Å². The van der Waals surface area contributed by atoms with Gasteiger partial charge in [-0.15, -0.1) is 0 Å². The summed E-state index contributed by atoms with van der Waals surface area (Å²) in [6.07, 6.45) is 2.70. The Hall–Kier alpha value is -1.69. The first-order chi connectivity index (χ1) is 9.58. The van der Waals surface area contributed by atoms with E-state index >= 15 is 0 Å². The molecule has 0 bridgehead atoms. The molecule has 20 heavy (non-hydrogen) atoms. The van der Waals surface area contributed by atoms with Gasteiger partial charge in [-0.1, -0.05) is 12.2 Å². The van der Waals surface area contributed by atoms with Crippen molar-refractivity contribution in [1.29, 1.82) is 0 Å². The molecule has 1 aromatic heterocycles. The quantitative estimate of drug-likeness (QED) is 0.804. The summed E-state index contributed by atoms with van der Waals surface area (Å²) in [5, 5.41) is 3.16. The van der Waals surface area contributed by atoms with Gasteiger partial charge in [-0.05, 0) is 31.9 Å². The lowest BCUT2D eigenvalue weighted by Crippen LogP contribution is -2.29. The number of carbonyl (C=O) groups is 1. The molecule has 2 heterocycles. The second-order valence-electron chi connectivity index (χ2n) is 4.98. The van der Waals surface area contributed by atoms with Gasteiger partial charge in [0.25, 0.3) is 0 Å². The number of carbonyl (C=O) groups excluding carboxylic acids is 1. The molecule has 1 saturated heterocycles. The molecule has 108 valence electrons. The topological polar surface area (TPSA) is 71.2 Å². The molecule has 0 radical (unpaired) electrons. The molecule has 2 rings (SSSR count). The number of nitrogens with one attached hydrogen (secondary N) is 1. The van der Waals surface area contributed by atoms with Crippen LogP contribution in [0.1, 0.15) is 30.5 Å². The fraction of sp³-hybridized carbons (Fsp3) is 0.500. The van der Waals surface area contributed by atoms with Gasteiger partial charge < -0.3 is 16.0 Å².